The van der Waals surface area contributed by atoms with Crippen LogP contribution in [0.1, 0.15) is 17.2 Å². The van der Waals surface area contributed by atoms with Crippen molar-refractivity contribution in [1.82, 2.24) is 15.1 Å². The number of carbonyl (C=O) groups excluding carboxylic acids is 1. The monoisotopic (exact) mass is 435 g/mol. The van der Waals surface area contributed by atoms with Gasteiger partial charge < -0.3 is 10.1 Å². The van der Waals surface area contributed by atoms with Crippen LogP contribution in [0.4, 0.5) is 8.78 Å². The Labute approximate surface area is 163 Å². The van der Waals surface area contributed by atoms with Gasteiger partial charge in [0.1, 0.15) is 5.75 Å². The third-order valence-corrected chi connectivity index (χ3v) is 4.34. The Kier molecular flexibility index (Phi) is 6.18. The zero-order chi connectivity index (χ0) is 19.2. The summed E-state index contributed by atoms with van der Waals surface area (Å²) < 4.78 is 32.0. The SMILES string of the molecule is O=C(NCc1cc(Br)ccc1OC(F)F)C(c1ccccc1)n1cccn1. The summed E-state index contributed by atoms with van der Waals surface area (Å²) in [5.74, 6) is -0.295. The Morgan fingerprint density at radius 1 is 1.19 bits per heavy atom. The molecule has 8 heteroatoms. The van der Waals surface area contributed by atoms with E-state index in [1.807, 2.05) is 30.3 Å². The van der Waals surface area contributed by atoms with E-state index in [-0.39, 0.29) is 18.2 Å². The molecule has 0 aliphatic carbocycles. The van der Waals surface area contributed by atoms with Gasteiger partial charge in [0.25, 0.3) is 0 Å². The second kappa shape index (κ2) is 8.77. The first-order valence-electron chi connectivity index (χ1n) is 8.09. The number of rotatable bonds is 7. The van der Waals surface area contributed by atoms with Gasteiger partial charge in [-0.1, -0.05) is 46.3 Å². The molecule has 5 nitrogen and oxygen atoms in total. The van der Waals surface area contributed by atoms with Gasteiger partial charge in [-0.25, -0.2) is 0 Å². The van der Waals surface area contributed by atoms with Crippen LogP contribution in [0.15, 0.2) is 71.5 Å². The molecule has 0 spiro atoms. The molecular formula is C19H16BrF2N3O2. The predicted molar refractivity (Wildman–Crippen MR) is 99.4 cm³/mol. The van der Waals surface area contributed by atoms with Gasteiger partial charge in [-0.15, -0.1) is 0 Å². The maximum absolute atomic E-state index is 12.9. The number of ether oxygens (including phenoxy) is 1. The Hall–Kier alpha value is -2.74. The first-order chi connectivity index (χ1) is 13.0. The van der Waals surface area contributed by atoms with Gasteiger partial charge in [0, 0.05) is 29.0 Å². The maximum Gasteiger partial charge on any atom is 0.387 e. The van der Waals surface area contributed by atoms with Crippen molar-refractivity contribution < 1.29 is 18.3 Å². The zero-order valence-corrected chi connectivity index (χ0v) is 15.6. The number of amides is 1. The average molecular weight is 436 g/mol. The van der Waals surface area contributed by atoms with Crippen molar-refractivity contribution in [2.24, 2.45) is 0 Å². The molecule has 0 fully saturated rings. The van der Waals surface area contributed by atoms with E-state index in [4.69, 9.17) is 0 Å². The fraction of sp³-hybridized carbons (Fsp3) is 0.158. The molecular weight excluding hydrogens is 420 g/mol. The average Bonchev–Trinajstić information content (AvgIpc) is 3.17. The lowest BCUT2D eigenvalue weighted by Gasteiger charge is -2.19. The molecule has 1 heterocycles. The van der Waals surface area contributed by atoms with Crippen molar-refractivity contribution in [3.8, 4) is 5.75 Å². The first kappa shape index (κ1) is 19.0. The molecule has 0 aliphatic rings. The second-order valence-corrected chi connectivity index (χ2v) is 6.56. The number of nitrogens with zero attached hydrogens (tertiary/aromatic N) is 2. The van der Waals surface area contributed by atoms with Crippen molar-refractivity contribution in [2.45, 2.75) is 19.2 Å². The minimum atomic E-state index is -2.94. The number of aromatic nitrogens is 2. The van der Waals surface area contributed by atoms with E-state index in [1.165, 1.54) is 6.07 Å². The molecule has 0 saturated carbocycles. The maximum atomic E-state index is 12.9. The van der Waals surface area contributed by atoms with Gasteiger partial charge in [-0.05, 0) is 29.8 Å². The highest BCUT2D eigenvalue weighted by molar-refractivity contribution is 9.10. The molecule has 3 rings (SSSR count). The lowest BCUT2D eigenvalue weighted by molar-refractivity contribution is -0.123. The largest absolute Gasteiger partial charge is 0.434 e. The summed E-state index contributed by atoms with van der Waals surface area (Å²) in [6, 6.07) is 14.9. The molecule has 140 valence electrons. The van der Waals surface area contributed by atoms with Crippen LogP contribution in [0.5, 0.6) is 5.75 Å². The van der Waals surface area contributed by atoms with Crippen LogP contribution in [0, 0.1) is 0 Å². The highest BCUT2D eigenvalue weighted by atomic mass is 79.9. The van der Waals surface area contributed by atoms with E-state index in [0.717, 1.165) is 5.56 Å². The van der Waals surface area contributed by atoms with Gasteiger partial charge in [0.15, 0.2) is 6.04 Å². The van der Waals surface area contributed by atoms with E-state index < -0.39 is 12.7 Å². The van der Waals surface area contributed by atoms with Crippen molar-refractivity contribution >= 4 is 21.8 Å². The van der Waals surface area contributed by atoms with Crippen molar-refractivity contribution in [3.63, 3.8) is 0 Å². The Morgan fingerprint density at radius 2 is 1.96 bits per heavy atom. The molecule has 1 amide bonds. The molecule has 1 unspecified atom stereocenters. The smallest absolute Gasteiger partial charge is 0.387 e. The van der Waals surface area contributed by atoms with Crippen LogP contribution < -0.4 is 10.1 Å². The third kappa shape index (κ3) is 4.91. The molecule has 2 aromatic carbocycles. The second-order valence-electron chi connectivity index (χ2n) is 5.65. The molecule has 0 saturated heterocycles. The van der Waals surface area contributed by atoms with Gasteiger partial charge in [0.2, 0.25) is 5.91 Å². The van der Waals surface area contributed by atoms with E-state index in [9.17, 15) is 13.6 Å². The normalized spacial score (nSPS) is 12.0. The first-order valence-corrected chi connectivity index (χ1v) is 8.89. The van der Waals surface area contributed by atoms with E-state index in [0.29, 0.717) is 10.0 Å². The quantitative estimate of drug-likeness (QED) is 0.606. The fourth-order valence-electron chi connectivity index (χ4n) is 2.67. The fourth-order valence-corrected chi connectivity index (χ4v) is 3.08. The zero-order valence-electron chi connectivity index (χ0n) is 14.1. The minimum Gasteiger partial charge on any atom is -0.434 e. The van der Waals surface area contributed by atoms with Crippen LogP contribution >= 0.6 is 15.9 Å². The van der Waals surface area contributed by atoms with E-state index in [1.54, 1.807) is 35.3 Å². The lowest BCUT2D eigenvalue weighted by atomic mass is 10.1. The van der Waals surface area contributed by atoms with Gasteiger partial charge in [0.05, 0.1) is 0 Å². The van der Waals surface area contributed by atoms with Crippen LogP contribution in [0.2, 0.25) is 0 Å². The molecule has 27 heavy (non-hydrogen) atoms. The summed E-state index contributed by atoms with van der Waals surface area (Å²) in [6.45, 7) is -2.91. The number of carbonyl (C=O) groups is 1. The highest BCUT2D eigenvalue weighted by Crippen LogP contribution is 2.25. The van der Waals surface area contributed by atoms with Crippen molar-refractivity contribution in [1.29, 1.82) is 0 Å². The summed E-state index contributed by atoms with van der Waals surface area (Å²) in [5.41, 5.74) is 1.20. The summed E-state index contributed by atoms with van der Waals surface area (Å²) in [7, 11) is 0. The Balaban J connectivity index is 1.80. The van der Waals surface area contributed by atoms with Crippen LogP contribution in [-0.2, 0) is 11.3 Å². The molecule has 1 N–H and O–H groups in total. The number of nitrogens with one attached hydrogen (secondary N) is 1. The summed E-state index contributed by atoms with van der Waals surface area (Å²) >= 11 is 3.30. The van der Waals surface area contributed by atoms with Crippen molar-refractivity contribution in [2.75, 3.05) is 0 Å². The van der Waals surface area contributed by atoms with Crippen LogP contribution in [0.3, 0.4) is 0 Å². The molecule has 3 aromatic rings. The molecule has 1 aromatic heterocycles. The van der Waals surface area contributed by atoms with Gasteiger partial charge >= 0.3 is 6.61 Å². The molecule has 0 bridgehead atoms. The topological polar surface area (TPSA) is 56.1 Å². The predicted octanol–water partition coefficient (Wildman–Crippen LogP) is 4.15. The Morgan fingerprint density at radius 3 is 2.63 bits per heavy atom. The van der Waals surface area contributed by atoms with E-state index >= 15 is 0 Å². The molecule has 1 atom stereocenters. The lowest BCUT2D eigenvalue weighted by Crippen LogP contribution is -2.33. The summed E-state index contributed by atoms with van der Waals surface area (Å²) in [4.78, 5) is 12.9. The standard InChI is InChI=1S/C19H16BrF2N3O2/c20-15-7-8-16(27-19(21)22)14(11-15)12-23-18(26)17(25-10-4-9-24-25)13-5-2-1-3-6-13/h1-11,17,19H,12H2,(H,23,26). The molecule has 0 radical (unpaired) electrons. The van der Waals surface area contributed by atoms with Crippen LogP contribution in [-0.4, -0.2) is 22.3 Å². The number of alkyl halides is 2. The Bertz CT molecular complexity index is 889. The number of hydrogen-bond donors (Lipinski definition) is 1. The van der Waals surface area contributed by atoms with Crippen LogP contribution in [0.25, 0.3) is 0 Å². The minimum absolute atomic E-state index is 0.0175. The third-order valence-electron chi connectivity index (χ3n) is 3.84. The van der Waals surface area contributed by atoms with Gasteiger partial charge in [-0.2, -0.15) is 13.9 Å². The summed E-state index contributed by atoms with van der Waals surface area (Å²) in [6.07, 6.45) is 3.29. The van der Waals surface area contributed by atoms with Crippen molar-refractivity contribution in [3.05, 3.63) is 82.6 Å². The molecule has 0 aliphatic heterocycles. The number of hydrogen-bond acceptors (Lipinski definition) is 3. The number of halogens is 3. The van der Waals surface area contributed by atoms with E-state index in [2.05, 4.69) is 31.1 Å². The highest BCUT2D eigenvalue weighted by Gasteiger charge is 2.23. The summed E-state index contributed by atoms with van der Waals surface area (Å²) in [5, 5.41) is 6.95. The number of benzene rings is 2. The van der Waals surface area contributed by atoms with Gasteiger partial charge in [-0.3, -0.25) is 9.48 Å².